The van der Waals surface area contributed by atoms with Gasteiger partial charge >= 0.3 is 0 Å². The molecule has 1 amide bonds. The molecule has 17 heavy (non-hydrogen) atoms. The first-order valence-corrected chi connectivity index (χ1v) is 6.49. The van der Waals surface area contributed by atoms with Crippen molar-refractivity contribution in [1.29, 1.82) is 0 Å². The smallest absolute Gasteiger partial charge is 0.254 e. The van der Waals surface area contributed by atoms with Gasteiger partial charge in [-0.2, -0.15) is 0 Å². The molecule has 2 unspecified atom stereocenters. The van der Waals surface area contributed by atoms with Gasteiger partial charge in [-0.25, -0.2) is 0 Å². The van der Waals surface area contributed by atoms with Gasteiger partial charge in [0.2, 0.25) is 0 Å². The van der Waals surface area contributed by atoms with Crippen LogP contribution in [0.5, 0.6) is 0 Å². The summed E-state index contributed by atoms with van der Waals surface area (Å²) in [6.45, 7) is 8.48. The zero-order chi connectivity index (χ0) is 12.8. The highest BCUT2D eigenvalue weighted by Crippen LogP contribution is 2.16. The van der Waals surface area contributed by atoms with Crippen molar-refractivity contribution in [3.05, 3.63) is 35.9 Å². The quantitative estimate of drug-likeness (QED) is 0.759. The molecular formula is C15H23NO. The normalized spacial score (nSPS) is 14.1. The molecule has 0 aliphatic heterocycles. The Hall–Kier alpha value is -1.31. The number of hydrogen-bond donors (Lipinski definition) is 0. The van der Waals surface area contributed by atoms with Crippen molar-refractivity contribution in [3.8, 4) is 0 Å². The van der Waals surface area contributed by atoms with Crippen molar-refractivity contribution in [2.75, 3.05) is 0 Å². The summed E-state index contributed by atoms with van der Waals surface area (Å²) >= 11 is 0. The Morgan fingerprint density at radius 3 is 1.94 bits per heavy atom. The topological polar surface area (TPSA) is 20.3 Å². The van der Waals surface area contributed by atoms with Crippen LogP contribution in [0.2, 0.25) is 0 Å². The first kappa shape index (κ1) is 13.8. The zero-order valence-electron chi connectivity index (χ0n) is 11.3. The van der Waals surface area contributed by atoms with Crippen LogP contribution >= 0.6 is 0 Å². The molecule has 1 aromatic rings. The van der Waals surface area contributed by atoms with E-state index in [0.717, 1.165) is 18.4 Å². The predicted molar refractivity (Wildman–Crippen MR) is 72.1 cm³/mol. The van der Waals surface area contributed by atoms with Crippen LogP contribution in [-0.2, 0) is 0 Å². The number of carbonyl (C=O) groups excluding carboxylic acids is 1. The molecule has 2 atom stereocenters. The summed E-state index contributed by atoms with van der Waals surface area (Å²) < 4.78 is 0. The van der Waals surface area contributed by atoms with Gasteiger partial charge in [-0.3, -0.25) is 4.79 Å². The first-order valence-electron chi connectivity index (χ1n) is 6.49. The van der Waals surface area contributed by atoms with E-state index >= 15 is 0 Å². The summed E-state index contributed by atoms with van der Waals surface area (Å²) in [7, 11) is 0. The average Bonchev–Trinajstić information content (AvgIpc) is 2.39. The van der Waals surface area contributed by atoms with Crippen LogP contribution in [0.25, 0.3) is 0 Å². The van der Waals surface area contributed by atoms with E-state index in [4.69, 9.17) is 0 Å². The van der Waals surface area contributed by atoms with E-state index in [1.165, 1.54) is 0 Å². The van der Waals surface area contributed by atoms with E-state index < -0.39 is 0 Å². The maximum atomic E-state index is 12.5. The lowest BCUT2D eigenvalue weighted by Crippen LogP contribution is -2.44. The third kappa shape index (κ3) is 3.32. The molecule has 0 N–H and O–H groups in total. The average molecular weight is 233 g/mol. The lowest BCUT2D eigenvalue weighted by Gasteiger charge is -2.34. The molecule has 0 fully saturated rings. The molecule has 1 aromatic carbocycles. The number of amides is 1. The molecule has 0 spiro atoms. The molecule has 0 saturated carbocycles. The van der Waals surface area contributed by atoms with Gasteiger partial charge in [0.15, 0.2) is 0 Å². The highest BCUT2D eigenvalue weighted by Gasteiger charge is 2.24. The van der Waals surface area contributed by atoms with E-state index in [0.29, 0.717) is 0 Å². The summed E-state index contributed by atoms with van der Waals surface area (Å²) in [5.41, 5.74) is 0.785. The Bertz CT molecular complexity index is 337. The van der Waals surface area contributed by atoms with E-state index in [1.807, 2.05) is 35.2 Å². The Balaban J connectivity index is 2.95. The molecule has 2 nitrogen and oxygen atoms in total. The molecule has 0 aliphatic carbocycles. The largest absolute Gasteiger partial charge is 0.333 e. The van der Waals surface area contributed by atoms with E-state index in [1.54, 1.807) is 0 Å². The molecule has 2 heteroatoms. The number of hydrogen-bond acceptors (Lipinski definition) is 1. The maximum Gasteiger partial charge on any atom is 0.254 e. The third-order valence-corrected chi connectivity index (χ3v) is 3.39. The van der Waals surface area contributed by atoms with Gasteiger partial charge in [-0.05, 0) is 38.8 Å². The standard InChI is InChI=1S/C15H23NO/c1-5-12(3)16(13(4)6-2)15(17)14-10-8-7-9-11-14/h7-13H,5-6H2,1-4H3. The van der Waals surface area contributed by atoms with Crippen molar-refractivity contribution in [3.63, 3.8) is 0 Å². The summed E-state index contributed by atoms with van der Waals surface area (Å²) in [6.07, 6.45) is 1.98. The second-order valence-electron chi connectivity index (χ2n) is 4.59. The Morgan fingerprint density at radius 1 is 1.06 bits per heavy atom. The van der Waals surface area contributed by atoms with Crippen molar-refractivity contribution in [1.82, 2.24) is 4.90 Å². The lowest BCUT2D eigenvalue weighted by atomic mass is 10.1. The molecule has 94 valence electrons. The van der Waals surface area contributed by atoms with Gasteiger partial charge in [0.25, 0.3) is 5.91 Å². The van der Waals surface area contributed by atoms with E-state index in [9.17, 15) is 4.79 Å². The zero-order valence-corrected chi connectivity index (χ0v) is 11.3. The van der Waals surface area contributed by atoms with Gasteiger partial charge in [0.05, 0.1) is 0 Å². The molecular weight excluding hydrogens is 210 g/mol. The molecule has 0 heterocycles. The lowest BCUT2D eigenvalue weighted by molar-refractivity contribution is 0.0598. The highest BCUT2D eigenvalue weighted by molar-refractivity contribution is 5.94. The van der Waals surface area contributed by atoms with Crippen molar-refractivity contribution in [2.45, 2.75) is 52.6 Å². The minimum atomic E-state index is 0.148. The molecule has 1 rings (SSSR count). The van der Waals surface area contributed by atoms with Crippen LogP contribution in [-0.4, -0.2) is 22.9 Å². The van der Waals surface area contributed by atoms with Gasteiger partial charge in [-0.15, -0.1) is 0 Å². The van der Waals surface area contributed by atoms with E-state index in [2.05, 4.69) is 27.7 Å². The number of rotatable bonds is 5. The van der Waals surface area contributed by atoms with Crippen LogP contribution in [0.1, 0.15) is 50.9 Å². The van der Waals surface area contributed by atoms with Gasteiger partial charge < -0.3 is 4.90 Å². The molecule has 0 aliphatic rings. The van der Waals surface area contributed by atoms with Crippen LogP contribution in [0.15, 0.2) is 30.3 Å². The van der Waals surface area contributed by atoms with Gasteiger partial charge in [0.1, 0.15) is 0 Å². The maximum absolute atomic E-state index is 12.5. The fourth-order valence-electron chi connectivity index (χ4n) is 1.96. The molecule has 0 radical (unpaired) electrons. The summed E-state index contributed by atoms with van der Waals surface area (Å²) in [6, 6.07) is 10.1. The minimum Gasteiger partial charge on any atom is -0.333 e. The predicted octanol–water partition coefficient (Wildman–Crippen LogP) is 3.73. The molecule has 0 saturated heterocycles. The summed E-state index contributed by atoms with van der Waals surface area (Å²) in [5, 5.41) is 0. The molecule has 0 aromatic heterocycles. The molecule has 0 bridgehead atoms. The van der Waals surface area contributed by atoms with Crippen LogP contribution in [0.4, 0.5) is 0 Å². The third-order valence-electron chi connectivity index (χ3n) is 3.39. The Kier molecular flexibility index (Phi) is 5.20. The number of nitrogens with zero attached hydrogens (tertiary/aromatic N) is 1. The van der Waals surface area contributed by atoms with Crippen molar-refractivity contribution >= 4 is 5.91 Å². The number of benzene rings is 1. The SMILES string of the molecule is CCC(C)N(C(=O)c1ccccc1)C(C)CC. The summed E-state index contributed by atoms with van der Waals surface area (Å²) in [5.74, 6) is 0.148. The second-order valence-corrected chi connectivity index (χ2v) is 4.59. The van der Waals surface area contributed by atoms with Crippen molar-refractivity contribution < 1.29 is 4.79 Å². The van der Waals surface area contributed by atoms with Crippen LogP contribution < -0.4 is 0 Å². The van der Waals surface area contributed by atoms with Crippen molar-refractivity contribution in [2.24, 2.45) is 0 Å². The monoisotopic (exact) mass is 233 g/mol. The van der Waals surface area contributed by atoms with Crippen LogP contribution in [0.3, 0.4) is 0 Å². The van der Waals surface area contributed by atoms with E-state index in [-0.39, 0.29) is 18.0 Å². The summed E-state index contributed by atoms with van der Waals surface area (Å²) in [4.78, 5) is 14.5. The van der Waals surface area contributed by atoms with Gasteiger partial charge in [0, 0.05) is 17.6 Å². The Morgan fingerprint density at radius 2 is 1.53 bits per heavy atom. The highest BCUT2D eigenvalue weighted by atomic mass is 16.2. The number of carbonyl (C=O) groups is 1. The Labute approximate surface area is 105 Å². The fourth-order valence-corrected chi connectivity index (χ4v) is 1.96. The first-order chi connectivity index (χ1) is 8.11. The van der Waals surface area contributed by atoms with Crippen LogP contribution in [0, 0.1) is 0 Å². The fraction of sp³-hybridized carbons (Fsp3) is 0.533. The second kappa shape index (κ2) is 6.43. The minimum absolute atomic E-state index is 0.148. The van der Waals surface area contributed by atoms with Gasteiger partial charge in [-0.1, -0.05) is 32.0 Å².